The van der Waals surface area contributed by atoms with Crippen molar-refractivity contribution in [1.82, 2.24) is 0 Å². The first-order chi connectivity index (χ1) is 7.56. The van der Waals surface area contributed by atoms with Crippen LogP contribution in [0.5, 0.6) is 0 Å². The summed E-state index contributed by atoms with van der Waals surface area (Å²) in [7, 11) is 0. The number of nitrogens with two attached hydrogens (primary N) is 1. The second-order valence-corrected chi connectivity index (χ2v) is 5.12. The highest BCUT2D eigenvalue weighted by molar-refractivity contribution is 9.10. The second kappa shape index (κ2) is 4.22. The Labute approximate surface area is 102 Å². The molecule has 1 aliphatic carbocycles. The van der Waals surface area contributed by atoms with Crippen molar-refractivity contribution in [3.05, 3.63) is 22.4 Å². The van der Waals surface area contributed by atoms with Crippen LogP contribution in [0, 0.1) is 5.82 Å². The number of benzene rings is 1. The van der Waals surface area contributed by atoms with Gasteiger partial charge in [0.05, 0.1) is 28.0 Å². The summed E-state index contributed by atoms with van der Waals surface area (Å²) in [6.45, 7) is 0.0709. The Kier molecular flexibility index (Phi) is 3.08. The van der Waals surface area contributed by atoms with Crippen LogP contribution < -0.4 is 11.1 Å². The number of aliphatic hydroxyl groups is 1. The minimum absolute atomic E-state index is 0.0709. The topological polar surface area (TPSA) is 58.3 Å². The van der Waals surface area contributed by atoms with Gasteiger partial charge >= 0.3 is 0 Å². The van der Waals surface area contributed by atoms with E-state index in [1.54, 1.807) is 6.07 Å². The van der Waals surface area contributed by atoms with Crippen LogP contribution in [0.1, 0.15) is 19.3 Å². The smallest absolute Gasteiger partial charge is 0.139 e. The van der Waals surface area contributed by atoms with Gasteiger partial charge in [-0.15, -0.1) is 0 Å². The lowest BCUT2D eigenvalue weighted by atomic mass is 9.77. The SMILES string of the molecule is Nc1cc(F)c(Br)cc1NC1(CO)CCC1. The molecule has 0 amide bonds. The fourth-order valence-electron chi connectivity index (χ4n) is 1.88. The summed E-state index contributed by atoms with van der Waals surface area (Å²) in [5.74, 6) is -0.380. The van der Waals surface area contributed by atoms with Gasteiger partial charge < -0.3 is 16.2 Å². The van der Waals surface area contributed by atoms with Gasteiger partial charge in [-0.25, -0.2) is 4.39 Å². The van der Waals surface area contributed by atoms with E-state index in [1.165, 1.54) is 6.07 Å². The molecule has 0 spiro atoms. The predicted octanol–water partition coefficient (Wildman–Crippen LogP) is 2.50. The number of hydrogen-bond donors (Lipinski definition) is 3. The molecule has 0 unspecified atom stereocenters. The molecule has 1 aromatic rings. The third-order valence-corrected chi connectivity index (χ3v) is 3.71. The van der Waals surface area contributed by atoms with Gasteiger partial charge in [0.15, 0.2) is 0 Å². The summed E-state index contributed by atoms with van der Waals surface area (Å²) in [6.07, 6.45) is 2.92. The Balaban J connectivity index is 2.24. The van der Waals surface area contributed by atoms with Gasteiger partial charge in [0.2, 0.25) is 0 Å². The number of nitrogens with one attached hydrogen (secondary N) is 1. The minimum Gasteiger partial charge on any atom is -0.397 e. The molecule has 0 saturated heterocycles. The molecule has 1 aliphatic rings. The lowest BCUT2D eigenvalue weighted by molar-refractivity contribution is 0.144. The normalized spacial score (nSPS) is 17.9. The highest BCUT2D eigenvalue weighted by atomic mass is 79.9. The third kappa shape index (κ3) is 2.01. The number of rotatable bonds is 3. The molecule has 2 rings (SSSR count). The van der Waals surface area contributed by atoms with Gasteiger partial charge in [0.1, 0.15) is 5.82 Å². The third-order valence-electron chi connectivity index (χ3n) is 3.11. The van der Waals surface area contributed by atoms with Crippen molar-refractivity contribution in [1.29, 1.82) is 0 Å². The molecule has 0 radical (unpaired) electrons. The van der Waals surface area contributed by atoms with Crippen LogP contribution in [0.15, 0.2) is 16.6 Å². The monoisotopic (exact) mass is 288 g/mol. The molecule has 0 atom stereocenters. The zero-order chi connectivity index (χ0) is 11.8. The Bertz CT molecular complexity index is 402. The van der Waals surface area contributed by atoms with Crippen molar-refractivity contribution in [2.45, 2.75) is 24.8 Å². The van der Waals surface area contributed by atoms with E-state index in [0.29, 0.717) is 15.8 Å². The van der Waals surface area contributed by atoms with Crippen LogP contribution in [-0.4, -0.2) is 17.3 Å². The molecule has 0 bridgehead atoms. The molecule has 0 aromatic heterocycles. The quantitative estimate of drug-likeness (QED) is 0.749. The molecule has 3 nitrogen and oxygen atoms in total. The first kappa shape index (κ1) is 11.7. The molecule has 4 N–H and O–H groups in total. The standard InChI is InChI=1S/C11H14BrFN2O/c12-7-4-10(9(14)5-8(7)13)15-11(6-16)2-1-3-11/h4-5,15-16H,1-3,6,14H2. The Hall–Kier alpha value is -0.810. The van der Waals surface area contributed by atoms with E-state index in [0.717, 1.165) is 19.3 Å². The van der Waals surface area contributed by atoms with Crippen molar-refractivity contribution in [3.8, 4) is 0 Å². The molecule has 0 aliphatic heterocycles. The molecule has 88 valence electrons. The van der Waals surface area contributed by atoms with Gasteiger partial charge in [0, 0.05) is 6.07 Å². The zero-order valence-corrected chi connectivity index (χ0v) is 10.3. The van der Waals surface area contributed by atoms with Crippen molar-refractivity contribution in [2.24, 2.45) is 0 Å². The van der Waals surface area contributed by atoms with Crippen LogP contribution in [-0.2, 0) is 0 Å². The molecular weight excluding hydrogens is 275 g/mol. The summed E-state index contributed by atoms with van der Waals surface area (Å²) < 4.78 is 13.5. The van der Waals surface area contributed by atoms with Gasteiger partial charge in [0.25, 0.3) is 0 Å². The Morgan fingerprint density at radius 2 is 2.19 bits per heavy atom. The van der Waals surface area contributed by atoms with Crippen LogP contribution in [0.3, 0.4) is 0 Å². The van der Waals surface area contributed by atoms with Crippen LogP contribution in [0.2, 0.25) is 0 Å². The second-order valence-electron chi connectivity index (χ2n) is 4.27. The molecule has 1 aromatic carbocycles. The van der Waals surface area contributed by atoms with E-state index in [1.807, 2.05) is 0 Å². The molecule has 5 heteroatoms. The minimum atomic E-state index is -0.380. The van der Waals surface area contributed by atoms with Crippen molar-refractivity contribution in [3.63, 3.8) is 0 Å². The average molecular weight is 289 g/mol. The summed E-state index contributed by atoms with van der Waals surface area (Å²) in [4.78, 5) is 0. The fraction of sp³-hybridized carbons (Fsp3) is 0.455. The summed E-state index contributed by atoms with van der Waals surface area (Å²) >= 11 is 3.12. The fourth-order valence-corrected chi connectivity index (χ4v) is 2.23. The molecular formula is C11H14BrFN2O. The van der Waals surface area contributed by atoms with Crippen molar-refractivity contribution < 1.29 is 9.50 Å². The zero-order valence-electron chi connectivity index (χ0n) is 8.76. The largest absolute Gasteiger partial charge is 0.397 e. The van der Waals surface area contributed by atoms with E-state index in [9.17, 15) is 9.50 Å². The van der Waals surface area contributed by atoms with E-state index in [4.69, 9.17) is 5.73 Å². The Morgan fingerprint density at radius 3 is 2.69 bits per heavy atom. The number of nitrogen functional groups attached to an aromatic ring is 1. The lowest BCUT2D eigenvalue weighted by Gasteiger charge is -2.42. The van der Waals surface area contributed by atoms with Gasteiger partial charge in [-0.3, -0.25) is 0 Å². The predicted molar refractivity (Wildman–Crippen MR) is 65.8 cm³/mol. The maximum Gasteiger partial charge on any atom is 0.139 e. The first-order valence-electron chi connectivity index (χ1n) is 5.20. The summed E-state index contributed by atoms with van der Waals surface area (Å²) in [5, 5.41) is 12.5. The number of anilines is 2. The van der Waals surface area contributed by atoms with E-state index in [-0.39, 0.29) is 18.0 Å². The molecule has 1 saturated carbocycles. The first-order valence-corrected chi connectivity index (χ1v) is 5.99. The van der Waals surface area contributed by atoms with E-state index >= 15 is 0 Å². The van der Waals surface area contributed by atoms with Crippen LogP contribution in [0.4, 0.5) is 15.8 Å². The number of aliphatic hydroxyl groups excluding tert-OH is 1. The van der Waals surface area contributed by atoms with E-state index < -0.39 is 0 Å². The molecule has 1 fully saturated rings. The number of hydrogen-bond acceptors (Lipinski definition) is 3. The molecule has 16 heavy (non-hydrogen) atoms. The van der Waals surface area contributed by atoms with Crippen molar-refractivity contribution in [2.75, 3.05) is 17.7 Å². The maximum atomic E-state index is 13.2. The van der Waals surface area contributed by atoms with E-state index in [2.05, 4.69) is 21.2 Å². The molecule has 0 heterocycles. The Morgan fingerprint density at radius 1 is 1.50 bits per heavy atom. The summed E-state index contributed by atoms with van der Waals surface area (Å²) in [6, 6.07) is 2.89. The number of halogens is 2. The highest BCUT2D eigenvalue weighted by Gasteiger charge is 2.36. The van der Waals surface area contributed by atoms with Crippen molar-refractivity contribution >= 4 is 27.3 Å². The summed E-state index contributed by atoms with van der Waals surface area (Å²) in [5.41, 5.74) is 6.48. The maximum absolute atomic E-state index is 13.2. The van der Waals surface area contributed by atoms with Gasteiger partial charge in [-0.2, -0.15) is 0 Å². The highest BCUT2D eigenvalue weighted by Crippen LogP contribution is 2.37. The van der Waals surface area contributed by atoms with Crippen LogP contribution >= 0.6 is 15.9 Å². The van der Waals surface area contributed by atoms with Gasteiger partial charge in [-0.1, -0.05) is 0 Å². The average Bonchev–Trinajstić information content (AvgIpc) is 2.19. The lowest BCUT2D eigenvalue weighted by Crippen LogP contribution is -2.48. The van der Waals surface area contributed by atoms with Gasteiger partial charge in [-0.05, 0) is 41.3 Å². The van der Waals surface area contributed by atoms with Crippen LogP contribution in [0.25, 0.3) is 0 Å².